The van der Waals surface area contributed by atoms with Gasteiger partial charge in [-0.1, -0.05) is 6.07 Å². The standard InChI is InChI=1S/C19H22N4O2S/c24-19(15-23-9-6-17(20-23)18-5-2-13-26-18)22-8-3-7-21(10-11-22)14-16-4-1-12-25-16/h1-2,4-6,9,12-13H,3,7-8,10-11,14-15H2. The molecule has 0 saturated carbocycles. The highest BCUT2D eigenvalue weighted by Crippen LogP contribution is 2.22. The zero-order valence-electron chi connectivity index (χ0n) is 14.6. The van der Waals surface area contributed by atoms with E-state index in [1.807, 2.05) is 46.8 Å². The Labute approximate surface area is 156 Å². The summed E-state index contributed by atoms with van der Waals surface area (Å²) in [5, 5.41) is 6.57. The Morgan fingerprint density at radius 1 is 1.15 bits per heavy atom. The van der Waals surface area contributed by atoms with E-state index in [0.717, 1.165) is 55.5 Å². The van der Waals surface area contributed by atoms with Gasteiger partial charge in [-0.15, -0.1) is 11.3 Å². The summed E-state index contributed by atoms with van der Waals surface area (Å²) in [6, 6.07) is 9.93. The highest BCUT2D eigenvalue weighted by atomic mass is 32.1. The van der Waals surface area contributed by atoms with Gasteiger partial charge in [0.05, 0.1) is 17.7 Å². The van der Waals surface area contributed by atoms with Crippen molar-refractivity contribution in [2.75, 3.05) is 26.2 Å². The number of hydrogen-bond acceptors (Lipinski definition) is 5. The molecule has 0 bridgehead atoms. The van der Waals surface area contributed by atoms with Gasteiger partial charge in [0.25, 0.3) is 0 Å². The molecule has 1 saturated heterocycles. The number of carbonyl (C=O) groups excluding carboxylic acids is 1. The van der Waals surface area contributed by atoms with Crippen molar-refractivity contribution >= 4 is 17.2 Å². The summed E-state index contributed by atoms with van der Waals surface area (Å²) in [5.74, 6) is 1.10. The van der Waals surface area contributed by atoms with Gasteiger partial charge in [-0.2, -0.15) is 5.10 Å². The summed E-state index contributed by atoms with van der Waals surface area (Å²) >= 11 is 1.66. The fraction of sp³-hybridized carbons (Fsp3) is 0.368. The van der Waals surface area contributed by atoms with Crippen LogP contribution in [0.3, 0.4) is 0 Å². The Bertz CT molecular complexity index is 826. The third-order valence-corrected chi connectivity index (χ3v) is 5.50. The Morgan fingerprint density at radius 3 is 2.92 bits per heavy atom. The zero-order chi connectivity index (χ0) is 17.8. The lowest BCUT2D eigenvalue weighted by Gasteiger charge is -2.21. The fourth-order valence-electron chi connectivity index (χ4n) is 3.25. The number of thiophene rings is 1. The number of aromatic nitrogens is 2. The summed E-state index contributed by atoms with van der Waals surface area (Å²) in [5.41, 5.74) is 0.924. The van der Waals surface area contributed by atoms with Gasteiger partial charge < -0.3 is 9.32 Å². The summed E-state index contributed by atoms with van der Waals surface area (Å²) in [7, 11) is 0. The number of carbonyl (C=O) groups is 1. The molecule has 0 N–H and O–H groups in total. The van der Waals surface area contributed by atoms with Crippen molar-refractivity contribution in [3.8, 4) is 10.6 Å². The molecule has 0 radical (unpaired) electrons. The largest absolute Gasteiger partial charge is 0.468 e. The molecule has 0 aliphatic carbocycles. The van der Waals surface area contributed by atoms with Gasteiger partial charge in [0.15, 0.2) is 0 Å². The highest BCUT2D eigenvalue weighted by Gasteiger charge is 2.20. The van der Waals surface area contributed by atoms with Crippen LogP contribution in [0, 0.1) is 0 Å². The molecule has 26 heavy (non-hydrogen) atoms. The van der Waals surface area contributed by atoms with Crippen LogP contribution in [0.25, 0.3) is 10.6 Å². The molecule has 6 nitrogen and oxygen atoms in total. The Balaban J connectivity index is 1.32. The van der Waals surface area contributed by atoms with Crippen LogP contribution in [0.2, 0.25) is 0 Å². The van der Waals surface area contributed by atoms with E-state index in [1.54, 1.807) is 22.3 Å². The molecule has 0 atom stereocenters. The average molecular weight is 370 g/mol. The van der Waals surface area contributed by atoms with Crippen molar-refractivity contribution in [2.24, 2.45) is 0 Å². The monoisotopic (exact) mass is 370 g/mol. The molecule has 3 aromatic heterocycles. The molecule has 0 aromatic carbocycles. The number of amides is 1. The topological polar surface area (TPSA) is 54.5 Å². The van der Waals surface area contributed by atoms with Gasteiger partial charge in [-0.05, 0) is 36.1 Å². The third-order valence-electron chi connectivity index (χ3n) is 4.61. The lowest BCUT2D eigenvalue weighted by atomic mass is 10.3. The first kappa shape index (κ1) is 17.1. The number of hydrogen-bond donors (Lipinski definition) is 0. The van der Waals surface area contributed by atoms with Crippen LogP contribution in [0.4, 0.5) is 0 Å². The maximum absolute atomic E-state index is 12.7. The van der Waals surface area contributed by atoms with E-state index in [4.69, 9.17) is 4.42 Å². The van der Waals surface area contributed by atoms with Gasteiger partial charge in [0.1, 0.15) is 18.0 Å². The molecular weight excluding hydrogens is 348 g/mol. The summed E-state index contributed by atoms with van der Waals surface area (Å²) < 4.78 is 7.17. The summed E-state index contributed by atoms with van der Waals surface area (Å²) in [6.07, 6.45) is 4.57. The highest BCUT2D eigenvalue weighted by molar-refractivity contribution is 7.13. The molecule has 4 heterocycles. The van der Waals surface area contributed by atoms with Crippen LogP contribution in [-0.4, -0.2) is 51.7 Å². The lowest BCUT2D eigenvalue weighted by Crippen LogP contribution is -2.37. The van der Waals surface area contributed by atoms with Crippen molar-refractivity contribution in [3.63, 3.8) is 0 Å². The van der Waals surface area contributed by atoms with Gasteiger partial charge in [-0.3, -0.25) is 14.4 Å². The quantitative estimate of drug-likeness (QED) is 0.693. The van der Waals surface area contributed by atoms with E-state index < -0.39 is 0 Å². The van der Waals surface area contributed by atoms with Crippen LogP contribution >= 0.6 is 11.3 Å². The molecule has 0 unspecified atom stereocenters. The van der Waals surface area contributed by atoms with E-state index in [1.165, 1.54) is 0 Å². The molecule has 1 amide bonds. The van der Waals surface area contributed by atoms with Crippen molar-refractivity contribution in [2.45, 2.75) is 19.5 Å². The maximum Gasteiger partial charge on any atom is 0.244 e. The van der Waals surface area contributed by atoms with Crippen molar-refractivity contribution in [1.82, 2.24) is 19.6 Å². The molecule has 1 fully saturated rings. The second-order valence-electron chi connectivity index (χ2n) is 6.47. The normalized spacial score (nSPS) is 15.9. The minimum atomic E-state index is 0.130. The number of rotatable bonds is 5. The van der Waals surface area contributed by atoms with Gasteiger partial charge in [0.2, 0.25) is 5.91 Å². The second-order valence-corrected chi connectivity index (χ2v) is 7.41. The zero-order valence-corrected chi connectivity index (χ0v) is 15.4. The van der Waals surface area contributed by atoms with Crippen molar-refractivity contribution in [1.29, 1.82) is 0 Å². The number of nitrogens with zero attached hydrogens (tertiary/aromatic N) is 4. The van der Waals surface area contributed by atoms with Gasteiger partial charge in [-0.25, -0.2) is 0 Å². The molecule has 1 aliphatic rings. The first-order valence-electron chi connectivity index (χ1n) is 8.88. The molecule has 1 aliphatic heterocycles. The predicted molar refractivity (Wildman–Crippen MR) is 101 cm³/mol. The third kappa shape index (κ3) is 4.05. The molecular formula is C19H22N4O2S. The molecule has 136 valence electrons. The average Bonchev–Trinajstić information content (AvgIpc) is 3.37. The van der Waals surface area contributed by atoms with Crippen LogP contribution in [0.15, 0.2) is 52.6 Å². The van der Waals surface area contributed by atoms with Crippen LogP contribution in [0.5, 0.6) is 0 Å². The molecule has 0 spiro atoms. The van der Waals surface area contributed by atoms with Crippen molar-refractivity contribution in [3.05, 3.63) is 53.9 Å². The fourth-order valence-corrected chi connectivity index (χ4v) is 3.94. The van der Waals surface area contributed by atoms with Crippen LogP contribution < -0.4 is 0 Å². The van der Waals surface area contributed by atoms with E-state index in [-0.39, 0.29) is 5.91 Å². The Hall–Kier alpha value is -2.38. The van der Waals surface area contributed by atoms with Crippen molar-refractivity contribution < 1.29 is 9.21 Å². The smallest absolute Gasteiger partial charge is 0.244 e. The van der Waals surface area contributed by atoms with Crippen LogP contribution in [-0.2, 0) is 17.9 Å². The predicted octanol–water partition coefficient (Wildman–Crippen LogP) is 2.94. The SMILES string of the molecule is O=C(Cn1ccc(-c2cccs2)n1)N1CCCN(Cc2ccco2)CC1. The summed E-state index contributed by atoms with van der Waals surface area (Å²) in [4.78, 5) is 18.1. The first-order valence-corrected chi connectivity index (χ1v) is 9.76. The van der Waals surface area contributed by atoms with E-state index in [2.05, 4.69) is 10.00 Å². The van der Waals surface area contributed by atoms with E-state index in [0.29, 0.717) is 6.54 Å². The second kappa shape index (κ2) is 7.88. The Morgan fingerprint density at radius 2 is 2.12 bits per heavy atom. The molecule has 7 heteroatoms. The molecule has 4 rings (SSSR count). The number of furan rings is 1. The van der Waals surface area contributed by atoms with E-state index >= 15 is 0 Å². The van der Waals surface area contributed by atoms with Gasteiger partial charge >= 0.3 is 0 Å². The lowest BCUT2D eigenvalue weighted by molar-refractivity contribution is -0.131. The van der Waals surface area contributed by atoms with Gasteiger partial charge in [0, 0.05) is 32.4 Å². The van der Waals surface area contributed by atoms with Crippen LogP contribution in [0.1, 0.15) is 12.2 Å². The van der Waals surface area contributed by atoms with E-state index in [9.17, 15) is 4.79 Å². The molecule has 3 aromatic rings. The minimum Gasteiger partial charge on any atom is -0.468 e. The minimum absolute atomic E-state index is 0.130. The maximum atomic E-state index is 12.7. The first-order chi connectivity index (χ1) is 12.8. The Kier molecular flexibility index (Phi) is 5.17. The summed E-state index contributed by atoms with van der Waals surface area (Å²) in [6.45, 7) is 4.49.